The fourth-order valence-corrected chi connectivity index (χ4v) is 3.72. The lowest BCUT2D eigenvalue weighted by Gasteiger charge is -2.14. The molecule has 0 fully saturated rings. The smallest absolute Gasteiger partial charge is 0.349 e. The van der Waals surface area contributed by atoms with Crippen molar-refractivity contribution >= 4 is 33.2 Å². The highest BCUT2D eigenvalue weighted by atomic mass is 35.5. The molecule has 0 aliphatic heterocycles. The monoisotopic (exact) mass is 418 g/mol. The van der Waals surface area contributed by atoms with Crippen molar-refractivity contribution in [3.63, 3.8) is 0 Å². The molecule has 5 nitrogen and oxygen atoms in total. The van der Waals surface area contributed by atoms with Crippen molar-refractivity contribution in [2.45, 2.75) is 11.1 Å². The number of hydrogen-bond acceptors (Lipinski definition) is 3. The Morgan fingerprint density at radius 1 is 1.19 bits per heavy atom. The van der Waals surface area contributed by atoms with Crippen molar-refractivity contribution in [2.24, 2.45) is 0 Å². The van der Waals surface area contributed by atoms with E-state index in [1.54, 1.807) is 0 Å². The van der Waals surface area contributed by atoms with E-state index in [-0.39, 0.29) is 22.8 Å². The minimum Gasteiger partial charge on any atom is -0.349 e. The average molecular weight is 419 g/mol. The van der Waals surface area contributed by atoms with Crippen LogP contribution in [0.2, 0.25) is 5.02 Å². The molecule has 0 unspecified atom stereocenters. The van der Waals surface area contributed by atoms with Crippen LogP contribution in [-0.4, -0.2) is 20.9 Å². The molecule has 0 aliphatic rings. The summed E-state index contributed by atoms with van der Waals surface area (Å²) < 4.78 is 65.9. The molecule has 0 saturated heterocycles. The number of para-hydroxylation sites is 1. The van der Waals surface area contributed by atoms with Crippen molar-refractivity contribution in [1.29, 1.82) is 0 Å². The fourth-order valence-electron chi connectivity index (χ4n) is 2.12. The first kappa shape index (κ1) is 20.8. The summed E-state index contributed by atoms with van der Waals surface area (Å²) in [6.07, 6.45) is -3.30. The van der Waals surface area contributed by atoms with Crippen LogP contribution in [0.25, 0.3) is 0 Å². The molecule has 1 amide bonds. The van der Waals surface area contributed by atoms with E-state index in [0.29, 0.717) is 12.1 Å². The summed E-state index contributed by atoms with van der Waals surface area (Å²) >= 11 is 5.79. The Morgan fingerprint density at radius 2 is 1.85 bits per heavy atom. The quantitative estimate of drug-likeness (QED) is 0.694. The molecule has 0 aromatic heterocycles. The molecule has 0 saturated carbocycles. The van der Waals surface area contributed by atoms with Gasteiger partial charge in [-0.15, -0.1) is 6.58 Å². The molecule has 0 aliphatic carbocycles. The Kier molecular flexibility index (Phi) is 6.17. The van der Waals surface area contributed by atoms with Gasteiger partial charge in [0.15, 0.2) is 0 Å². The maximum absolute atomic E-state index is 12.9. The first-order valence-electron chi connectivity index (χ1n) is 7.44. The Hall–Kier alpha value is -2.52. The fraction of sp³-hybridized carbons (Fsp3) is 0.118. The molecule has 2 N–H and O–H groups in total. The number of rotatable bonds is 6. The maximum Gasteiger partial charge on any atom is 0.416 e. The van der Waals surface area contributed by atoms with Gasteiger partial charge in [-0.3, -0.25) is 9.52 Å². The van der Waals surface area contributed by atoms with E-state index in [1.165, 1.54) is 30.3 Å². The van der Waals surface area contributed by atoms with Crippen LogP contribution in [0.5, 0.6) is 0 Å². The number of amides is 1. The molecular weight excluding hydrogens is 405 g/mol. The van der Waals surface area contributed by atoms with Gasteiger partial charge in [0.2, 0.25) is 0 Å². The second kappa shape index (κ2) is 8.01. The Balaban J connectivity index is 2.44. The lowest BCUT2D eigenvalue weighted by atomic mass is 10.1. The molecule has 0 spiro atoms. The molecule has 0 heterocycles. The SMILES string of the molecule is C=CCNC(=O)c1ccccc1NS(=O)(=O)c1cc(C(F)(F)F)ccc1Cl. The number of alkyl halides is 3. The van der Waals surface area contributed by atoms with Gasteiger partial charge in [-0.2, -0.15) is 13.2 Å². The van der Waals surface area contributed by atoms with Crippen molar-refractivity contribution < 1.29 is 26.4 Å². The molecule has 2 aromatic rings. The van der Waals surface area contributed by atoms with Gasteiger partial charge in [-0.05, 0) is 30.3 Å². The topological polar surface area (TPSA) is 75.3 Å². The van der Waals surface area contributed by atoms with Gasteiger partial charge in [0.1, 0.15) is 4.90 Å². The molecule has 27 heavy (non-hydrogen) atoms. The summed E-state index contributed by atoms with van der Waals surface area (Å²) in [4.78, 5) is 11.4. The highest BCUT2D eigenvalue weighted by molar-refractivity contribution is 7.92. The number of hydrogen-bond donors (Lipinski definition) is 2. The van der Waals surface area contributed by atoms with Crippen LogP contribution in [0.15, 0.2) is 60.0 Å². The predicted molar refractivity (Wildman–Crippen MR) is 96.2 cm³/mol. The summed E-state index contributed by atoms with van der Waals surface area (Å²) in [7, 11) is -4.49. The number of anilines is 1. The van der Waals surface area contributed by atoms with E-state index in [9.17, 15) is 26.4 Å². The molecular formula is C17H14ClF3N2O3S. The van der Waals surface area contributed by atoms with E-state index in [2.05, 4.69) is 16.6 Å². The van der Waals surface area contributed by atoms with Crippen molar-refractivity contribution in [3.8, 4) is 0 Å². The third kappa shape index (κ3) is 5.01. The zero-order chi connectivity index (χ0) is 20.2. The first-order valence-corrected chi connectivity index (χ1v) is 9.30. The summed E-state index contributed by atoms with van der Waals surface area (Å²) in [5, 5.41) is 2.10. The minimum atomic E-state index is -4.74. The number of carbonyl (C=O) groups excluding carboxylic acids is 1. The molecule has 0 radical (unpaired) electrons. The summed E-state index contributed by atoms with van der Waals surface area (Å²) in [6.45, 7) is 3.60. The van der Waals surface area contributed by atoms with Gasteiger partial charge < -0.3 is 5.32 Å². The van der Waals surface area contributed by atoms with Crippen molar-refractivity contribution in [2.75, 3.05) is 11.3 Å². The lowest BCUT2D eigenvalue weighted by Crippen LogP contribution is -2.25. The van der Waals surface area contributed by atoms with Crippen molar-refractivity contribution in [1.82, 2.24) is 5.32 Å². The van der Waals surface area contributed by atoms with Crippen LogP contribution in [-0.2, 0) is 16.2 Å². The third-order valence-corrected chi connectivity index (χ3v) is 5.22. The second-order valence-corrected chi connectivity index (χ2v) is 7.35. The Labute approximate surface area is 158 Å². The summed E-state index contributed by atoms with van der Waals surface area (Å²) in [5.41, 5.74) is -1.28. The normalized spacial score (nSPS) is 11.7. The number of halogens is 4. The van der Waals surface area contributed by atoms with E-state index in [0.717, 1.165) is 6.07 Å². The Morgan fingerprint density at radius 3 is 2.48 bits per heavy atom. The van der Waals surface area contributed by atoms with Crippen LogP contribution >= 0.6 is 11.6 Å². The largest absolute Gasteiger partial charge is 0.416 e. The standard InChI is InChI=1S/C17H14ClF3N2O3S/c1-2-9-22-16(24)12-5-3-4-6-14(12)23-27(25,26)15-10-11(17(19,20)21)7-8-13(15)18/h2-8,10,23H,1,9H2,(H,22,24). The van der Waals surface area contributed by atoms with Crippen LogP contribution in [0.4, 0.5) is 18.9 Å². The van der Waals surface area contributed by atoms with E-state index >= 15 is 0 Å². The summed E-state index contributed by atoms with van der Waals surface area (Å²) in [6, 6.07) is 7.62. The number of nitrogens with one attached hydrogen (secondary N) is 2. The number of benzene rings is 2. The average Bonchev–Trinajstić information content (AvgIpc) is 2.59. The first-order chi connectivity index (χ1) is 12.6. The Bertz CT molecular complexity index is 976. The second-order valence-electron chi connectivity index (χ2n) is 5.29. The van der Waals surface area contributed by atoms with Gasteiger partial charge in [0, 0.05) is 6.54 Å². The molecule has 0 atom stereocenters. The van der Waals surface area contributed by atoms with Crippen LogP contribution in [0.1, 0.15) is 15.9 Å². The van der Waals surface area contributed by atoms with Crippen LogP contribution in [0, 0.1) is 0 Å². The van der Waals surface area contributed by atoms with E-state index < -0.39 is 32.6 Å². The molecule has 10 heteroatoms. The highest BCUT2D eigenvalue weighted by Gasteiger charge is 2.33. The van der Waals surface area contributed by atoms with Gasteiger partial charge in [0.25, 0.3) is 15.9 Å². The van der Waals surface area contributed by atoms with Crippen LogP contribution in [0.3, 0.4) is 0 Å². The van der Waals surface area contributed by atoms with Gasteiger partial charge in [-0.1, -0.05) is 29.8 Å². The number of carbonyl (C=O) groups is 1. The molecule has 144 valence electrons. The lowest BCUT2D eigenvalue weighted by molar-refractivity contribution is -0.137. The summed E-state index contributed by atoms with van der Waals surface area (Å²) in [5.74, 6) is -0.580. The molecule has 2 rings (SSSR count). The van der Waals surface area contributed by atoms with E-state index in [4.69, 9.17) is 11.6 Å². The zero-order valence-corrected chi connectivity index (χ0v) is 15.3. The molecule has 2 aromatic carbocycles. The maximum atomic E-state index is 12.9. The van der Waals surface area contributed by atoms with Gasteiger partial charge in [0.05, 0.1) is 21.8 Å². The van der Waals surface area contributed by atoms with Gasteiger partial charge in [-0.25, -0.2) is 8.42 Å². The van der Waals surface area contributed by atoms with Crippen molar-refractivity contribution in [3.05, 3.63) is 71.3 Å². The van der Waals surface area contributed by atoms with Gasteiger partial charge >= 0.3 is 6.18 Å². The number of sulfonamides is 1. The zero-order valence-electron chi connectivity index (χ0n) is 13.7. The van der Waals surface area contributed by atoms with Crippen LogP contribution < -0.4 is 10.0 Å². The highest BCUT2D eigenvalue weighted by Crippen LogP contribution is 2.34. The van der Waals surface area contributed by atoms with E-state index in [1.807, 2.05) is 0 Å². The molecule has 0 bridgehead atoms. The predicted octanol–water partition coefficient (Wildman–Crippen LogP) is 4.08. The minimum absolute atomic E-state index is 0.00831. The third-order valence-electron chi connectivity index (χ3n) is 3.37.